The van der Waals surface area contributed by atoms with Crippen LogP contribution >= 0.6 is 0 Å². The Hall–Kier alpha value is -2.38. The summed E-state index contributed by atoms with van der Waals surface area (Å²) in [5.74, 6) is 7.96. The van der Waals surface area contributed by atoms with Crippen LogP contribution in [0.25, 0.3) is 0 Å². The van der Waals surface area contributed by atoms with Crippen molar-refractivity contribution in [1.29, 1.82) is 0 Å². The number of hydrazine groups is 1. The molecule has 0 amide bonds. The molecule has 1 aromatic heterocycles. The minimum Gasteiger partial charge on any atom is -0.497 e. The number of nitrogens with one attached hydrogen (secondary N) is 1. The van der Waals surface area contributed by atoms with Crippen LogP contribution in [-0.4, -0.2) is 24.2 Å². The average molecular weight is 276 g/mol. The van der Waals surface area contributed by atoms with Gasteiger partial charge < -0.3 is 19.6 Å². The molecule has 7 nitrogen and oxygen atoms in total. The molecule has 2 aromatic rings. The quantitative estimate of drug-likeness (QED) is 0.613. The molecule has 0 saturated heterocycles. The molecule has 0 spiro atoms. The highest BCUT2D eigenvalue weighted by Gasteiger charge is 2.06. The first-order valence-electron chi connectivity index (χ1n) is 5.90. The molecule has 1 aromatic carbocycles. The molecule has 0 atom stereocenters. The van der Waals surface area contributed by atoms with E-state index in [1.807, 2.05) is 12.1 Å². The second-order valence-corrected chi connectivity index (χ2v) is 3.87. The Morgan fingerprint density at radius 1 is 1.15 bits per heavy atom. The molecule has 0 aliphatic heterocycles. The fraction of sp³-hybridized carbons (Fsp3) is 0.231. The number of methoxy groups -OCH3 is 2. The van der Waals surface area contributed by atoms with E-state index in [1.54, 1.807) is 32.4 Å². The van der Waals surface area contributed by atoms with E-state index in [-0.39, 0.29) is 6.61 Å². The molecule has 0 aliphatic carbocycles. The molecule has 7 heteroatoms. The molecule has 0 fully saturated rings. The summed E-state index contributed by atoms with van der Waals surface area (Å²) in [7, 11) is 3.16. The molecule has 3 N–H and O–H groups in total. The number of anilines is 1. The second-order valence-electron chi connectivity index (χ2n) is 3.87. The van der Waals surface area contributed by atoms with Gasteiger partial charge >= 0.3 is 0 Å². The van der Waals surface area contributed by atoms with Gasteiger partial charge in [0.1, 0.15) is 23.9 Å². The van der Waals surface area contributed by atoms with Gasteiger partial charge in [0.25, 0.3) is 0 Å². The molecule has 0 aliphatic rings. The van der Waals surface area contributed by atoms with Crippen molar-refractivity contribution in [3.63, 3.8) is 0 Å². The van der Waals surface area contributed by atoms with Crippen molar-refractivity contribution in [3.05, 3.63) is 36.2 Å². The number of nitrogens with zero attached hydrogens (tertiary/aromatic N) is 2. The van der Waals surface area contributed by atoms with Gasteiger partial charge in [-0.05, 0) is 12.1 Å². The van der Waals surface area contributed by atoms with E-state index in [0.29, 0.717) is 29.0 Å². The first-order chi connectivity index (χ1) is 9.75. The molecule has 106 valence electrons. The van der Waals surface area contributed by atoms with Crippen LogP contribution in [0.2, 0.25) is 0 Å². The molecule has 0 bridgehead atoms. The van der Waals surface area contributed by atoms with Gasteiger partial charge in [0.05, 0.1) is 7.11 Å². The van der Waals surface area contributed by atoms with Crippen LogP contribution in [0.15, 0.2) is 30.3 Å². The second kappa shape index (κ2) is 6.69. The lowest BCUT2D eigenvalue weighted by molar-refractivity contribution is 0.177. The molecule has 1 heterocycles. The van der Waals surface area contributed by atoms with Gasteiger partial charge in [0, 0.05) is 19.2 Å². The van der Waals surface area contributed by atoms with E-state index < -0.39 is 0 Å². The molecule has 0 radical (unpaired) electrons. The topological polar surface area (TPSA) is 91.5 Å². The molecule has 2 rings (SSSR count). The van der Waals surface area contributed by atoms with Gasteiger partial charge in [-0.25, -0.2) is 10.8 Å². The number of nitrogens with two attached hydrogens (primary N) is 1. The van der Waals surface area contributed by atoms with Crippen LogP contribution in [0.1, 0.15) is 5.82 Å². The third-order valence-electron chi connectivity index (χ3n) is 2.43. The Bertz CT molecular complexity index is 577. The highest BCUT2D eigenvalue weighted by molar-refractivity contribution is 5.40. The van der Waals surface area contributed by atoms with Crippen molar-refractivity contribution in [2.24, 2.45) is 5.84 Å². The fourth-order valence-corrected chi connectivity index (χ4v) is 1.58. The van der Waals surface area contributed by atoms with Crippen molar-refractivity contribution in [1.82, 2.24) is 9.97 Å². The summed E-state index contributed by atoms with van der Waals surface area (Å²) < 4.78 is 15.8. The smallest absolute Gasteiger partial charge is 0.224 e. The Morgan fingerprint density at radius 3 is 2.65 bits per heavy atom. The first-order valence-corrected chi connectivity index (χ1v) is 5.90. The largest absolute Gasteiger partial charge is 0.497 e. The molecule has 20 heavy (non-hydrogen) atoms. The van der Waals surface area contributed by atoms with Crippen molar-refractivity contribution in [2.45, 2.75) is 6.61 Å². The van der Waals surface area contributed by atoms with Crippen LogP contribution in [0, 0.1) is 0 Å². The van der Waals surface area contributed by atoms with Crippen LogP contribution in [0.5, 0.6) is 17.4 Å². The van der Waals surface area contributed by atoms with Crippen LogP contribution < -0.4 is 20.7 Å². The van der Waals surface area contributed by atoms with Gasteiger partial charge in [-0.1, -0.05) is 6.07 Å². The zero-order chi connectivity index (χ0) is 14.4. The lowest BCUT2D eigenvalue weighted by atomic mass is 10.3. The van der Waals surface area contributed by atoms with Crippen LogP contribution in [0.3, 0.4) is 0 Å². The van der Waals surface area contributed by atoms with E-state index in [4.69, 9.17) is 20.1 Å². The fourth-order valence-electron chi connectivity index (χ4n) is 1.58. The predicted octanol–water partition coefficient (Wildman–Crippen LogP) is 1.71. The summed E-state index contributed by atoms with van der Waals surface area (Å²) in [6, 6.07) is 8.81. The third kappa shape index (κ3) is 3.56. The van der Waals surface area contributed by atoms with Crippen LogP contribution in [-0.2, 0) is 11.3 Å². The number of benzene rings is 1. The minimum absolute atomic E-state index is 0.268. The van der Waals surface area contributed by atoms with E-state index in [1.165, 1.54) is 0 Å². The zero-order valence-corrected chi connectivity index (χ0v) is 11.3. The van der Waals surface area contributed by atoms with E-state index >= 15 is 0 Å². The zero-order valence-electron chi connectivity index (χ0n) is 11.3. The normalized spacial score (nSPS) is 10.2. The number of aromatic nitrogens is 2. The molecule has 0 saturated carbocycles. The van der Waals surface area contributed by atoms with Crippen molar-refractivity contribution in [3.8, 4) is 17.4 Å². The summed E-state index contributed by atoms with van der Waals surface area (Å²) >= 11 is 0. The molecular weight excluding hydrogens is 260 g/mol. The highest BCUT2D eigenvalue weighted by atomic mass is 16.5. The minimum atomic E-state index is 0.268. The summed E-state index contributed by atoms with van der Waals surface area (Å²) in [5.41, 5.74) is 2.46. The summed E-state index contributed by atoms with van der Waals surface area (Å²) in [5, 5.41) is 0. The maximum atomic E-state index is 5.67. The Morgan fingerprint density at radius 2 is 1.95 bits per heavy atom. The van der Waals surface area contributed by atoms with E-state index in [2.05, 4.69) is 15.4 Å². The molecular formula is C13H16N4O3. The van der Waals surface area contributed by atoms with Crippen LogP contribution in [0.4, 0.5) is 5.82 Å². The predicted molar refractivity (Wildman–Crippen MR) is 73.6 cm³/mol. The van der Waals surface area contributed by atoms with E-state index in [0.717, 1.165) is 0 Å². The number of ether oxygens (including phenoxy) is 3. The summed E-state index contributed by atoms with van der Waals surface area (Å²) in [6.07, 6.45) is 0. The number of nitrogen functional groups attached to an aromatic ring is 1. The standard InChI is InChI=1S/C13H16N4O3/c1-18-8-12-15-11(17-14)7-13(16-12)20-10-5-3-4-9(6-10)19-2/h3-7H,8,14H2,1-2H3,(H,15,16,17). The van der Waals surface area contributed by atoms with Gasteiger partial charge in [-0.3, -0.25) is 0 Å². The lowest BCUT2D eigenvalue weighted by Crippen LogP contribution is -2.11. The van der Waals surface area contributed by atoms with Gasteiger partial charge in [0.15, 0.2) is 5.82 Å². The summed E-state index contributed by atoms with van der Waals surface area (Å²) in [4.78, 5) is 8.37. The Balaban J connectivity index is 2.24. The Labute approximate surface area is 116 Å². The SMILES string of the molecule is COCc1nc(NN)cc(Oc2cccc(OC)c2)n1. The van der Waals surface area contributed by atoms with Crippen molar-refractivity contribution < 1.29 is 14.2 Å². The van der Waals surface area contributed by atoms with Crippen molar-refractivity contribution >= 4 is 5.82 Å². The maximum Gasteiger partial charge on any atom is 0.224 e. The first kappa shape index (κ1) is 14.0. The average Bonchev–Trinajstić information content (AvgIpc) is 2.47. The number of rotatable bonds is 6. The van der Waals surface area contributed by atoms with Crippen molar-refractivity contribution in [2.75, 3.05) is 19.6 Å². The summed E-state index contributed by atoms with van der Waals surface area (Å²) in [6.45, 7) is 0.268. The maximum absolute atomic E-state index is 5.67. The van der Waals surface area contributed by atoms with Gasteiger partial charge in [-0.2, -0.15) is 4.98 Å². The van der Waals surface area contributed by atoms with Gasteiger partial charge in [0.2, 0.25) is 5.88 Å². The number of hydrogen-bond acceptors (Lipinski definition) is 7. The molecule has 0 unspecified atom stereocenters. The monoisotopic (exact) mass is 276 g/mol. The number of hydrogen-bond donors (Lipinski definition) is 2. The third-order valence-corrected chi connectivity index (χ3v) is 2.43. The van der Waals surface area contributed by atoms with E-state index in [9.17, 15) is 0 Å². The van der Waals surface area contributed by atoms with Gasteiger partial charge in [-0.15, -0.1) is 0 Å². The highest BCUT2D eigenvalue weighted by Crippen LogP contribution is 2.25. The Kier molecular flexibility index (Phi) is 4.70. The lowest BCUT2D eigenvalue weighted by Gasteiger charge is -2.09.